The standard InChI is InChI=1S/C21H30N6O2.ClH/c1-4-14(2)24-20(28)17-7-5-6-16(12-17)13-23-21(29)19-15(3)27(26-25-19)18-8-10-22-11-9-18;/h5-7,12,14,18,22H,4,8-11,13H2,1-3H3,(H,23,29)(H,24,28);1H. The van der Waals surface area contributed by atoms with Gasteiger partial charge in [-0.1, -0.05) is 24.3 Å². The minimum absolute atomic E-state index is 0. The molecule has 1 fully saturated rings. The second-order valence-corrected chi connectivity index (χ2v) is 7.62. The summed E-state index contributed by atoms with van der Waals surface area (Å²) in [6, 6.07) is 7.70. The van der Waals surface area contributed by atoms with Gasteiger partial charge in [-0.25, -0.2) is 4.68 Å². The van der Waals surface area contributed by atoms with Gasteiger partial charge in [0.2, 0.25) is 0 Å². The first kappa shape index (κ1) is 23.8. The molecule has 0 aliphatic carbocycles. The minimum atomic E-state index is -0.253. The average molecular weight is 435 g/mol. The van der Waals surface area contributed by atoms with Gasteiger partial charge in [0.1, 0.15) is 0 Å². The quantitative estimate of drug-likeness (QED) is 0.621. The molecule has 1 unspecified atom stereocenters. The molecule has 3 rings (SSSR count). The lowest BCUT2D eigenvalue weighted by atomic mass is 10.1. The molecule has 1 aliphatic rings. The van der Waals surface area contributed by atoms with Crippen LogP contribution in [0.15, 0.2) is 24.3 Å². The van der Waals surface area contributed by atoms with Crippen molar-refractivity contribution >= 4 is 24.2 Å². The van der Waals surface area contributed by atoms with Crippen LogP contribution in [-0.4, -0.2) is 45.9 Å². The number of benzene rings is 1. The van der Waals surface area contributed by atoms with Gasteiger partial charge in [-0.05, 0) is 63.9 Å². The van der Waals surface area contributed by atoms with Crippen LogP contribution in [0.2, 0.25) is 0 Å². The zero-order valence-electron chi connectivity index (χ0n) is 17.8. The molecule has 2 amide bonds. The average Bonchev–Trinajstić information content (AvgIpc) is 3.14. The summed E-state index contributed by atoms with van der Waals surface area (Å²) < 4.78 is 1.87. The van der Waals surface area contributed by atoms with Crippen molar-refractivity contribution in [2.45, 2.75) is 58.7 Å². The predicted molar refractivity (Wildman–Crippen MR) is 118 cm³/mol. The van der Waals surface area contributed by atoms with Crippen LogP contribution in [0.4, 0.5) is 0 Å². The van der Waals surface area contributed by atoms with Gasteiger partial charge < -0.3 is 16.0 Å². The number of carbonyl (C=O) groups excluding carboxylic acids is 2. The summed E-state index contributed by atoms with van der Waals surface area (Å²) in [4.78, 5) is 24.9. The molecule has 0 bridgehead atoms. The van der Waals surface area contributed by atoms with Gasteiger partial charge in [0.15, 0.2) is 5.69 Å². The van der Waals surface area contributed by atoms with Crippen LogP contribution >= 0.6 is 12.4 Å². The molecule has 1 aliphatic heterocycles. The first-order valence-corrected chi connectivity index (χ1v) is 10.3. The van der Waals surface area contributed by atoms with E-state index in [-0.39, 0.29) is 36.3 Å². The number of amides is 2. The van der Waals surface area contributed by atoms with Gasteiger partial charge in [0.05, 0.1) is 11.7 Å². The summed E-state index contributed by atoms with van der Waals surface area (Å²) in [7, 11) is 0. The number of piperidine rings is 1. The number of nitrogens with one attached hydrogen (secondary N) is 3. The molecule has 8 nitrogen and oxygen atoms in total. The van der Waals surface area contributed by atoms with Crippen LogP contribution in [0.5, 0.6) is 0 Å². The molecule has 2 aromatic rings. The second kappa shape index (κ2) is 11.1. The molecule has 0 saturated carbocycles. The van der Waals surface area contributed by atoms with Crippen LogP contribution < -0.4 is 16.0 Å². The van der Waals surface area contributed by atoms with Crippen molar-refractivity contribution in [3.63, 3.8) is 0 Å². The third-order valence-corrected chi connectivity index (χ3v) is 5.43. The Kier molecular flexibility index (Phi) is 8.80. The summed E-state index contributed by atoms with van der Waals surface area (Å²) in [6.07, 6.45) is 2.84. The molecule has 2 heterocycles. The number of nitrogens with zero attached hydrogens (tertiary/aromatic N) is 3. The normalized spacial score (nSPS) is 15.2. The Morgan fingerprint density at radius 1 is 1.27 bits per heavy atom. The Bertz CT molecular complexity index is 863. The number of halogens is 1. The van der Waals surface area contributed by atoms with E-state index in [0.29, 0.717) is 17.8 Å². The molecule has 0 spiro atoms. The van der Waals surface area contributed by atoms with Gasteiger partial charge in [-0.3, -0.25) is 9.59 Å². The highest BCUT2D eigenvalue weighted by molar-refractivity contribution is 5.95. The first-order chi connectivity index (χ1) is 14.0. The van der Waals surface area contributed by atoms with Gasteiger partial charge >= 0.3 is 0 Å². The fourth-order valence-corrected chi connectivity index (χ4v) is 3.45. The van der Waals surface area contributed by atoms with Gasteiger partial charge in [0.25, 0.3) is 11.8 Å². The van der Waals surface area contributed by atoms with Crippen LogP contribution in [0.1, 0.15) is 71.3 Å². The Morgan fingerprint density at radius 3 is 2.70 bits per heavy atom. The Balaban J connectivity index is 0.00000320. The summed E-state index contributed by atoms with van der Waals surface area (Å²) in [5.41, 5.74) is 2.59. The number of rotatable bonds is 7. The predicted octanol–water partition coefficient (Wildman–Crippen LogP) is 2.39. The maximum Gasteiger partial charge on any atom is 0.274 e. The zero-order chi connectivity index (χ0) is 20.8. The number of hydrogen-bond donors (Lipinski definition) is 3. The molecule has 9 heteroatoms. The zero-order valence-corrected chi connectivity index (χ0v) is 18.6. The van der Waals surface area contributed by atoms with E-state index in [2.05, 4.69) is 26.3 Å². The largest absolute Gasteiger partial charge is 0.350 e. The van der Waals surface area contributed by atoms with E-state index < -0.39 is 0 Å². The molecule has 1 atom stereocenters. The Hall–Kier alpha value is -2.45. The molecular formula is C21H31ClN6O2. The minimum Gasteiger partial charge on any atom is -0.350 e. The van der Waals surface area contributed by atoms with Crippen molar-refractivity contribution in [2.75, 3.05) is 13.1 Å². The first-order valence-electron chi connectivity index (χ1n) is 10.3. The number of carbonyl (C=O) groups is 2. The molecule has 30 heavy (non-hydrogen) atoms. The Labute approximate surface area is 183 Å². The number of hydrogen-bond acceptors (Lipinski definition) is 5. The highest BCUT2D eigenvalue weighted by Crippen LogP contribution is 2.20. The van der Waals surface area contributed by atoms with E-state index in [0.717, 1.165) is 43.6 Å². The summed E-state index contributed by atoms with van der Waals surface area (Å²) in [6.45, 7) is 8.11. The van der Waals surface area contributed by atoms with E-state index >= 15 is 0 Å². The molecule has 164 valence electrons. The lowest BCUT2D eigenvalue weighted by Crippen LogP contribution is -2.32. The summed E-state index contributed by atoms with van der Waals surface area (Å²) >= 11 is 0. The highest BCUT2D eigenvalue weighted by Gasteiger charge is 2.22. The van der Waals surface area contributed by atoms with Crippen LogP contribution in [0.3, 0.4) is 0 Å². The van der Waals surface area contributed by atoms with E-state index in [1.807, 2.05) is 37.6 Å². The summed E-state index contributed by atoms with van der Waals surface area (Å²) in [5, 5.41) is 17.5. The molecule has 1 aromatic heterocycles. The smallest absolute Gasteiger partial charge is 0.274 e. The third-order valence-electron chi connectivity index (χ3n) is 5.43. The maximum atomic E-state index is 12.6. The van der Waals surface area contributed by atoms with Crippen molar-refractivity contribution in [3.05, 3.63) is 46.8 Å². The molecule has 3 N–H and O–H groups in total. The van der Waals surface area contributed by atoms with Crippen LogP contribution in [0, 0.1) is 6.92 Å². The van der Waals surface area contributed by atoms with Gasteiger partial charge in [-0.15, -0.1) is 17.5 Å². The Morgan fingerprint density at radius 2 is 2.00 bits per heavy atom. The van der Waals surface area contributed by atoms with E-state index in [1.165, 1.54) is 0 Å². The molecule has 1 aromatic carbocycles. The van der Waals surface area contributed by atoms with Crippen LogP contribution in [-0.2, 0) is 6.54 Å². The van der Waals surface area contributed by atoms with Gasteiger partial charge in [-0.2, -0.15) is 0 Å². The molecule has 1 saturated heterocycles. The SMILES string of the molecule is CCC(C)NC(=O)c1cccc(CNC(=O)c2nnn(C3CCNCC3)c2C)c1.Cl. The van der Waals surface area contributed by atoms with E-state index in [9.17, 15) is 9.59 Å². The maximum absolute atomic E-state index is 12.6. The van der Waals surface area contributed by atoms with Crippen LogP contribution in [0.25, 0.3) is 0 Å². The molecular weight excluding hydrogens is 404 g/mol. The van der Waals surface area contributed by atoms with E-state index in [1.54, 1.807) is 12.1 Å². The second-order valence-electron chi connectivity index (χ2n) is 7.62. The van der Waals surface area contributed by atoms with Crippen molar-refractivity contribution in [1.29, 1.82) is 0 Å². The number of aromatic nitrogens is 3. The third kappa shape index (κ3) is 5.79. The topological polar surface area (TPSA) is 101 Å². The van der Waals surface area contributed by atoms with Crippen molar-refractivity contribution in [2.24, 2.45) is 0 Å². The lowest BCUT2D eigenvalue weighted by Gasteiger charge is -2.23. The highest BCUT2D eigenvalue weighted by atomic mass is 35.5. The molecule has 0 radical (unpaired) electrons. The fourth-order valence-electron chi connectivity index (χ4n) is 3.45. The van der Waals surface area contributed by atoms with Crippen molar-refractivity contribution in [3.8, 4) is 0 Å². The van der Waals surface area contributed by atoms with Crippen molar-refractivity contribution in [1.82, 2.24) is 30.9 Å². The van der Waals surface area contributed by atoms with Gasteiger partial charge in [0, 0.05) is 18.2 Å². The lowest BCUT2D eigenvalue weighted by molar-refractivity contribution is 0.0935. The monoisotopic (exact) mass is 434 g/mol. The van der Waals surface area contributed by atoms with Crippen molar-refractivity contribution < 1.29 is 9.59 Å². The fraction of sp³-hybridized carbons (Fsp3) is 0.524. The van der Waals surface area contributed by atoms with E-state index in [4.69, 9.17) is 0 Å². The summed E-state index contributed by atoms with van der Waals surface area (Å²) in [5.74, 6) is -0.356.